The number of aryl methyl sites for hydroxylation is 1. The van der Waals surface area contributed by atoms with Crippen molar-refractivity contribution < 1.29 is 14.3 Å². The molecular formula is C18H22N2O3S. The van der Waals surface area contributed by atoms with Crippen LogP contribution < -0.4 is 14.8 Å². The Morgan fingerprint density at radius 1 is 1.38 bits per heavy atom. The molecule has 2 rings (SSSR count). The predicted molar refractivity (Wildman–Crippen MR) is 97.9 cm³/mol. The Hall–Kier alpha value is -2.34. The quantitative estimate of drug-likeness (QED) is 0.572. The monoisotopic (exact) mass is 346 g/mol. The molecule has 1 aromatic heterocycles. The minimum absolute atomic E-state index is 0.216. The summed E-state index contributed by atoms with van der Waals surface area (Å²) < 4.78 is 11.0. The van der Waals surface area contributed by atoms with E-state index in [0.29, 0.717) is 23.2 Å². The van der Waals surface area contributed by atoms with Crippen LogP contribution in [0.2, 0.25) is 0 Å². The summed E-state index contributed by atoms with van der Waals surface area (Å²) in [4.78, 5) is 17.1. The number of ether oxygens (including phenoxy) is 2. The summed E-state index contributed by atoms with van der Waals surface area (Å²) >= 11 is 1.44. The molecule has 0 saturated heterocycles. The van der Waals surface area contributed by atoms with E-state index in [9.17, 15) is 4.79 Å². The predicted octanol–water partition coefficient (Wildman–Crippen LogP) is 4.29. The van der Waals surface area contributed by atoms with Gasteiger partial charge in [0.05, 0.1) is 13.7 Å². The molecule has 5 nitrogen and oxygen atoms in total. The normalized spacial score (nSPS) is 10.8. The number of aromatic nitrogens is 1. The summed E-state index contributed by atoms with van der Waals surface area (Å²) in [5, 5.41) is 3.33. The Morgan fingerprint density at radius 2 is 2.21 bits per heavy atom. The third-order valence-electron chi connectivity index (χ3n) is 3.22. The standard InChI is InChI=1S/C18H22N2O3S/c1-4-5-10-23-15-8-6-14(11-16(15)22-3)7-9-17(21)20-18-19-12-13(2)24-18/h6-9,11-12H,4-5,10H2,1-3H3,(H,19,20,21)/b9-7+. The van der Waals surface area contributed by atoms with Gasteiger partial charge in [0.1, 0.15) is 0 Å². The van der Waals surface area contributed by atoms with Gasteiger partial charge in [0.15, 0.2) is 16.6 Å². The minimum atomic E-state index is -0.216. The Bertz CT molecular complexity index is 710. The number of benzene rings is 1. The number of nitrogens with one attached hydrogen (secondary N) is 1. The second-order valence-corrected chi connectivity index (χ2v) is 6.45. The van der Waals surface area contributed by atoms with Crippen LogP contribution in [0.25, 0.3) is 6.08 Å². The lowest BCUT2D eigenvalue weighted by Crippen LogP contribution is -2.07. The highest BCUT2D eigenvalue weighted by Crippen LogP contribution is 2.28. The molecule has 0 saturated carbocycles. The molecule has 128 valence electrons. The molecule has 0 atom stereocenters. The second kappa shape index (κ2) is 9.08. The van der Waals surface area contributed by atoms with Gasteiger partial charge in [-0.05, 0) is 37.1 Å². The maximum absolute atomic E-state index is 11.9. The van der Waals surface area contributed by atoms with E-state index in [1.165, 1.54) is 17.4 Å². The Morgan fingerprint density at radius 3 is 2.88 bits per heavy atom. The van der Waals surface area contributed by atoms with E-state index in [0.717, 1.165) is 23.3 Å². The van der Waals surface area contributed by atoms with Gasteiger partial charge in [0, 0.05) is 17.2 Å². The lowest BCUT2D eigenvalue weighted by atomic mass is 10.2. The van der Waals surface area contributed by atoms with Crippen LogP contribution >= 0.6 is 11.3 Å². The van der Waals surface area contributed by atoms with Crippen LogP contribution in [0.1, 0.15) is 30.2 Å². The van der Waals surface area contributed by atoms with E-state index < -0.39 is 0 Å². The van der Waals surface area contributed by atoms with Crippen LogP contribution in [0.4, 0.5) is 5.13 Å². The lowest BCUT2D eigenvalue weighted by molar-refractivity contribution is -0.111. The molecule has 0 aliphatic carbocycles. The molecular weight excluding hydrogens is 324 g/mol. The zero-order valence-electron chi connectivity index (χ0n) is 14.2. The van der Waals surface area contributed by atoms with Gasteiger partial charge in [-0.2, -0.15) is 0 Å². The molecule has 24 heavy (non-hydrogen) atoms. The van der Waals surface area contributed by atoms with E-state index >= 15 is 0 Å². The van der Waals surface area contributed by atoms with Crippen molar-refractivity contribution >= 4 is 28.5 Å². The average molecular weight is 346 g/mol. The molecule has 0 aliphatic rings. The number of nitrogens with zero attached hydrogens (tertiary/aromatic N) is 1. The van der Waals surface area contributed by atoms with Crippen LogP contribution in [0, 0.1) is 6.92 Å². The Labute approximate surface area is 146 Å². The molecule has 1 amide bonds. The van der Waals surface area contributed by atoms with Gasteiger partial charge in [-0.3, -0.25) is 10.1 Å². The van der Waals surface area contributed by atoms with Crippen LogP contribution in [-0.2, 0) is 4.79 Å². The van der Waals surface area contributed by atoms with Gasteiger partial charge in [-0.25, -0.2) is 4.98 Å². The number of unbranched alkanes of at least 4 members (excludes halogenated alkanes) is 1. The van der Waals surface area contributed by atoms with Crippen LogP contribution in [0.3, 0.4) is 0 Å². The van der Waals surface area contributed by atoms with Gasteiger partial charge in [-0.15, -0.1) is 11.3 Å². The molecule has 0 fully saturated rings. The lowest BCUT2D eigenvalue weighted by Gasteiger charge is -2.10. The average Bonchev–Trinajstić information content (AvgIpc) is 2.98. The molecule has 0 unspecified atom stereocenters. The van der Waals surface area contributed by atoms with E-state index in [1.54, 1.807) is 19.4 Å². The van der Waals surface area contributed by atoms with Crippen molar-refractivity contribution in [2.45, 2.75) is 26.7 Å². The summed E-state index contributed by atoms with van der Waals surface area (Å²) in [5.41, 5.74) is 0.861. The van der Waals surface area contributed by atoms with Crippen LogP contribution in [0.5, 0.6) is 11.5 Å². The zero-order valence-corrected chi connectivity index (χ0v) is 15.0. The number of amides is 1. The fourth-order valence-electron chi connectivity index (χ4n) is 1.97. The third kappa shape index (κ3) is 5.38. The number of carbonyl (C=O) groups is 1. The number of hydrogen-bond acceptors (Lipinski definition) is 5. The summed E-state index contributed by atoms with van der Waals surface area (Å²) in [5.74, 6) is 1.15. The molecule has 0 bridgehead atoms. The fraction of sp³-hybridized carbons (Fsp3) is 0.333. The molecule has 1 aromatic carbocycles. The SMILES string of the molecule is CCCCOc1ccc(/C=C/C(=O)Nc2ncc(C)s2)cc1OC. The maximum atomic E-state index is 11.9. The highest BCUT2D eigenvalue weighted by molar-refractivity contribution is 7.15. The summed E-state index contributed by atoms with van der Waals surface area (Å²) in [6, 6.07) is 5.59. The largest absolute Gasteiger partial charge is 0.493 e. The first-order valence-electron chi connectivity index (χ1n) is 7.84. The summed E-state index contributed by atoms with van der Waals surface area (Å²) in [6.45, 7) is 4.73. The van der Waals surface area contributed by atoms with Crippen molar-refractivity contribution in [2.75, 3.05) is 19.0 Å². The fourth-order valence-corrected chi connectivity index (χ4v) is 2.63. The number of methoxy groups -OCH3 is 1. The third-order valence-corrected chi connectivity index (χ3v) is 4.05. The van der Waals surface area contributed by atoms with Gasteiger partial charge in [-0.1, -0.05) is 19.4 Å². The first kappa shape index (κ1) is 18.0. The molecule has 0 spiro atoms. The van der Waals surface area contributed by atoms with Gasteiger partial charge < -0.3 is 9.47 Å². The molecule has 1 heterocycles. The van der Waals surface area contributed by atoms with Gasteiger partial charge in [0.2, 0.25) is 5.91 Å². The van der Waals surface area contributed by atoms with Crippen molar-refractivity contribution in [2.24, 2.45) is 0 Å². The Balaban J connectivity index is 1.99. The Kier molecular flexibility index (Phi) is 6.81. The van der Waals surface area contributed by atoms with E-state index in [2.05, 4.69) is 17.2 Å². The molecule has 0 radical (unpaired) electrons. The van der Waals surface area contributed by atoms with Gasteiger partial charge >= 0.3 is 0 Å². The minimum Gasteiger partial charge on any atom is -0.493 e. The summed E-state index contributed by atoms with van der Waals surface area (Å²) in [7, 11) is 1.60. The summed E-state index contributed by atoms with van der Waals surface area (Å²) in [6.07, 6.45) is 7.02. The first-order valence-corrected chi connectivity index (χ1v) is 8.66. The highest BCUT2D eigenvalue weighted by Gasteiger charge is 2.05. The number of rotatable bonds is 8. The van der Waals surface area contributed by atoms with E-state index in [4.69, 9.17) is 9.47 Å². The number of thiazole rings is 1. The number of hydrogen-bond donors (Lipinski definition) is 1. The molecule has 6 heteroatoms. The topological polar surface area (TPSA) is 60.5 Å². The van der Waals surface area contributed by atoms with Crippen molar-refractivity contribution in [3.63, 3.8) is 0 Å². The highest BCUT2D eigenvalue weighted by atomic mass is 32.1. The van der Waals surface area contributed by atoms with Crippen molar-refractivity contribution in [3.8, 4) is 11.5 Å². The number of carbonyl (C=O) groups excluding carboxylic acids is 1. The maximum Gasteiger partial charge on any atom is 0.250 e. The molecule has 1 N–H and O–H groups in total. The molecule has 0 aliphatic heterocycles. The van der Waals surface area contributed by atoms with E-state index in [-0.39, 0.29) is 5.91 Å². The first-order chi connectivity index (χ1) is 11.6. The van der Waals surface area contributed by atoms with Crippen LogP contribution in [0.15, 0.2) is 30.5 Å². The smallest absolute Gasteiger partial charge is 0.250 e. The van der Waals surface area contributed by atoms with Crippen molar-refractivity contribution in [1.29, 1.82) is 0 Å². The molecule has 2 aromatic rings. The van der Waals surface area contributed by atoms with Crippen molar-refractivity contribution in [3.05, 3.63) is 40.9 Å². The second-order valence-electron chi connectivity index (χ2n) is 5.21. The zero-order chi connectivity index (χ0) is 17.4. The van der Waals surface area contributed by atoms with E-state index in [1.807, 2.05) is 25.1 Å². The number of anilines is 1. The van der Waals surface area contributed by atoms with Crippen molar-refractivity contribution in [1.82, 2.24) is 4.98 Å². The van der Waals surface area contributed by atoms with Gasteiger partial charge in [0.25, 0.3) is 0 Å². The van der Waals surface area contributed by atoms with Crippen LogP contribution in [-0.4, -0.2) is 24.6 Å².